The summed E-state index contributed by atoms with van der Waals surface area (Å²) in [6.45, 7) is 1.05. The molecule has 1 aromatic heterocycles. The minimum absolute atomic E-state index is 0.0922. The predicted molar refractivity (Wildman–Crippen MR) is 230 cm³/mol. The lowest BCUT2D eigenvalue weighted by molar-refractivity contribution is 0.0888. The number of carbonyl (C=O) groups excluding carboxylic acids is 6. The van der Waals surface area contributed by atoms with Crippen LogP contribution in [0.4, 0.5) is 0 Å². The van der Waals surface area contributed by atoms with Gasteiger partial charge in [-0.3, -0.25) is 28.8 Å². The van der Waals surface area contributed by atoms with Gasteiger partial charge in [0.25, 0.3) is 23.6 Å². The quantitative estimate of drug-likeness (QED) is 0.0890. The van der Waals surface area contributed by atoms with Crippen LogP contribution in [-0.4, -0.2) is 107 Å². The number of pyridine rings is 1. The number of hydrogen-bond acceptors (Lipinski definition) is 13. The first-order valence-electron chi connectivity index (χ1n) is 21.1. The van der Waals surface area contributed by atoms with E-state index >= 15 is 0 Å². The van der Waals surface area contributed by atoms with Crippen LogP contribution >= 0.6 is 0 Å². The molecule has 334 valence electrons. The highest BCUT2D eigenvalue weighted by Crippen LogP contribution is 2.34. The molecule has 17 nitrogen and oxygen atoms in total. The average Bonchev–Trinajstić information content (AvgIpc) is 3.30. The molecule has 2 fully saturated rings. The maximum absolute atomic E-state index is 13.4. The fourth-order valence-electron chi connectivity index (χ4n) is 8.10. The van der Waals surface area contributed by atoms with Crippen molar-refractivity contribution < 1.29 is 47.7 Å². The Hall–Kier alpha value is -6.07. The number of hydrogen-bond donors (Lipinski definition) is 6. The number of ether oxygens (including phenoxy) is 4. The number of Topliss-reactive ketones (excluding diaryl/α,β-unsaturated/α-hetero) is 2. The molecule has 0 atom stereocenters. The smallest absolute Gasteiger partial charge is 0.255 e. The van der Waals surface area contributed by atoms with E-state index in [4.69, 9.17) is 30.4 Å². The standard InChI is InChI=1S/C45H59N7O10/c1-59-38-24-40(61-3)32(22-30(38)42(55)48-18-16-46)44(57)50-28-12-8-26(9-13-28)20-36(53)34-6-5-7-35(52-34)37(54)21-27-10-14-29(15-11-27)51-45(58)33-23-31(43(56)49-19-17-47)39(60-2)25-41(33)62-4/h5-7,22-29H,8-21,46-47H2,1-4H3,(H,48,55)(H,49,56)(H,50,57)(H,51,58). The molecule has 1 heterocycles. The fourth-order valence-corrected chi connectivity index (χ4v) is 8.10. The largest absolute Gasteiger partial charge is 0.496 e. The zero-order valence-corrected chi connectivity index (χ0v) is 35.9. The highest BCUT2D eigenvalue weighted by molar-refractivity contribution is 6.04. The second-order valence-corrected chi connectivity index (χ2v) is 15.6. The van der Waals surface area contributed by atoms with Crippen LogP contribution in [0.1, 0.15) is 127 Å². The molecule has 8 N–H and O–H groups in total. The van der Waals surface area contributed by atoms with Crippen LogP contribution in [-0.2, 0) is 0 Å². The van der Waals surface area contributed by atoms with Gasteiger partial charge in [-0.2, -0.15) is 0 Å². The number of rotatable bonds is 20. The van der Waals surface area contributed by atoms with Crippen molar-refractivity contribution in [2.24, 2.45) is 23.3 Å². The van der Waals surface area contributed by atoms with Crippen molar-refractivity contribution in [2.45, 2.75) is 76.3 Å². The van der Waals surface area contributed by atoms with E-state index in [-0.39, 0.29) is 143 Å². The molecule has 5 rings (SSSR count). The Morgan fingerprint density at radius 1 is 0.532 bits per heavy atom. The van der Waals surface area contributed by atoms with Crippen LogP contribution in [0.25, 0.3) is 0 Å². The van der Waals surface area contributed by atoms with Gasteiger partial charge in [0, 0.05) is 63.2 Å². The maximum atomic E-state index is 13.4. The number of amides is 4. The van der Waals surface area contributed by atoms with Crippen LogP contribution in [0.3, 0.4) is 0 Å². The first kappa shape index (κ1) is 47.0. The van der Waals surface area contributed by atoms with Gasteiger partial charge in [-0.05, 0) is 87.5 Å². The van der Waals surface area contributed by atoms with E-state index in [2.05, 4.69) is 26.3 Å². The van der Waals surface area contributed by atoms with Gasteiger partial charge < -0.3 is 51.7 Å². The molecule has 0 radical (unpaired) electrons. The molecule has 2 saturated carbocycles. The molecule has 0 unspecified atom stereocenters. The van der Waals surface area contributed by atoms with Crippen molar-refractivity contribution in [1.29, 1.82) is 0 Å². The third-order valence-corrected chi connectivity index (χ3v) is 11.5. The summed E-state index contributed by atoms with van der Waals surface area (Å²) in [6.07, 6.45) is 6.06. The number of nitrogens with two attached hydrogens (primary N) is 2. The highest BCUT2D eigenvalue weighted by atomic mass is 16.5. The number of ketones is 2. The van der Waals surface area contributed by atoms with Gasteiger partial charge in [0.2, 0.25) is 0 Å². The summed E-state index contributed by atoms with van der Waals surface area (Å²) in [4.78, 5) is 83.6. The van der Waals surface area contributed by atoms with Crippen LogP contribution in [0, 0.1) is 11.8 Å². The van der Waals surface area contributed by atoms with Crippen molar-refractivity contribution in [3.63, 3.8) is 0 Å². The highest BCUT2D eigenvalue weighted by Gasteiger charge is 2.30. The number of aromatic nitrogens is 1. The van der Waals surface area contributed by atoms with E-state index in [0.717, 1.165) is 0 Å². The number of nitrogens with zero attached hydrogens (tertiary/aromatic N) is 1. The minimum atomic E-state index is -0.418. The molecule has 4 amide bonds. The van der Waals surface area contributed by atoms with Crippen LogP contribution in [0.2, 0.25) is 0 Å². The van der Waals surface area contributed by atoms with Gasteiger partial charge in [-0.15, -0.1) is 0 Å². The third kappa shape index (κ3) is 12.1. The lowest BCUT2D eigenvalue weighted by Gasteiger charge is -2.29. The first-order valence-corrected chi connectivity index (χ1v) is 21.1. The molecule has 3 aromatic rings. The summed E-state index contributed by atoms with van der Waals surface area (Å²) in [5.41, 5.74) is 12.4. The Morgan fingerprint density at radius 2 is 0.871 bits per heavy atom. The van der Waals surface area contributed by atoms with Gasteiger partial charge in [0.1, 0.15) is 34.4 Å². The summed E-state index contributed by atoms with van der Waals surface area (Å²) in [5.74, 6) is -0.613. The minimum Gasteiger partial charge on any atom is -0.496 e. The average molecular weight is 858 g/mol. The summed E-state index contributed by atoms with van der Waals surface area (Å²) in [6, 6.07) is 10.6. The van der Waals surface area contributed by atoms with Gasteiger partial charge in [-0.25, -0.2) is 4.98 Å². The van der Waals surface area contributed by atoms with Crippen molar-refractivity contribution in [3.8, 4) is 23.0 Å². The molecule has 2 aliphatic carbocycles. The Bertz CT molecular complexity index is 1950. The van der Waals surface area contributed by atoms with Gasteiger partial charge in [-0.1, -0.05) is 6.07 Å². The summed E-state index contributed by atoms with van der Waals surface area (Å²) >= 11 is 0. The molecule has 62 heavy (non-hydrogen) atoms. The maximum Gasteiger partial charge on any atom is 0.255 e. The topological polar surface area (TPSA) is 252 Å². The summed E-state index contributed by atoms with van der Waals surface area (Å²) in [7, 11) is 5.74. The second kappa shape index (κ2) is 22.7. The van der Waals surface area contributed by atoms with E-state index in [1.807, 2.05) is 0 Å². The number of carbonyl (C=O) groups is 6. The van der Waals surface area contributed by atoms with Crippen molar-refractivity contribution >= 4 is 35.2 Å². The Labute approximate surface area is 361 Å². The van der Waals surface area contributed by atoms with E-state index in [1.54, 1.807) is 18.2 Å². The molecule has 0 spiro atoms. The molecule has 0 saturated heterocycles. The number of nitrogens with one attached hydrogen (secondary N) is 4. The van der Waals surface area contributed by atoms with Crippen LogP contribution in [0.5, 0.6) is 23.0 Å². The van der Waals surface area contributed by atoms with E-state index < -0.39 is 11.8 Å². The van der Waals surface area contributed by atoms with Crippen LogP contribution in [0.15, 0.2) is 42.5 Å². The van der Waals surface area contributed by atoms with E-state index in [9.17, 15) is 28.8 Å². The second-order valence-electron chi connectivity index (χ2n) is 15.6. The van der Waals surface area contributed by atoms with Crippen molar-refractivity contribution in [1.82, 2.24) is 26.3 Å². The van der Waals surface area contributed by atoms with Gasteiger partial charge in [0.05, 0.1) is 50.7 Å². The number of benzene rings is 2. The Kier molecular flexibility index (Phi) is 17.2. The van der Waals surface area contributed by atoms with Gasteiger partial charge in [0.15, 0.2) is 11.6 Å². The van der Waals surface area contributed by atoms with Crippen LogP contribution < -0.4 is 51.7 Å². The monoisotopic (exact) mass is 857 g/mol. The zero-order chi connectivity index (χ0) is 44.8. The SMILES string of the molecule is COc1cc(OC)c(C(=O)NC2CCC(CC(=O)c3cccc(C(=O)CC4CCC(NC(=O)c5cc(C(=O)NCCN)c(OC)cc5OC)CC4)n3)CC2)cc1C(=O)NCCN. The van der Waals surface area contributed by atoms with E-state index in [1.165, 1.54) is 52.7 Å². The molecule has 17 heteroatoms. The third-order valence-electron chi connectivity index (χ3n) is 11.5. The molecule has 0 bridgehead atoms. The summed E-state index contributed by atoms with van der Waals surface area (Å²) in [5, 5.41) is 11.5. The molecular weight excluding hydrogens is 799 g/mol. The fraction of sp³-hybridized carbons (Fsp3) is 0.489. The zero-order valence-electron chi connectivity index (χ0n) is 35.9. The molecular formula is C45H59N7O10. The predicted octanol–water partition coefficient (Wildman–Crippen LogP) is 3.62. The first-order chi connectivity index (χ1) is 29.9. The molecule has 0 aliphatic heterocycles. The lowest BCUT2D eigenvalue weighted by Crippen LogP contribution is -2.38. The molecule has 2 aromatic carbocycles. The normalized spacial score (nSPS) is 18.4. The van der Waals surface area contributed by atoms with Crippen molar-refractivity contribution in [2.75, 3.05) is 54.6 Å². The summed E-state index contributed by atoms with van der Waals surface area (Å²) < 4.78 is 21.6. The molecule has 2 aliphatic rings. The number of methoxy groups -OCH3 is 4. The Morgan fingerprint density at radius 3 is 1.19 bits per heavy atom. The van der Waals surface area contributed by atoms with E-state index in [0.29, 0.717) is 51.4 Å². The van der Waals surface area contributed by atoms with Gasteiger partial charge >= 0.3 is 0 Å². The lowest BCUT2D eigenvalue weighted by atomic mass is 9.82. The Balaban J connectivity index is 1.09. The van der Waals surface area contributed by atoms with Crippen molar-refractivity contribution in [3.05, 3.63) is 76.1 Å².